The normalized spacial score (nSPS) is 16.9. The molecule has 1 fully saturated rings. The molecule has 2 heterocycles. The van der Waals surface area contributed by atoms with Crippen molar-refractivity contribution in [3.05, 3.63) is 51.7 Å². The first-order chi connectivity index (χ1) is 12.6. The van der Waals surface area contributed by atoms with Crippen LogP contribution in [0.1, 0.15) is 33.0 Å². The van der Waals surface area contributed by atoms with Crippen molar-refractivity contribution in [3.63, 3.8) is 0 Å². The minimum Gasteiger partial charge on any atom is -0.465 e. The summed E-state index contributed by atoms with van der Waals surface area (Å²) in [5, 5.41) is 9.15. The van der Waals surface area contributed by atoms with Gasteiger partial charge in [-0.05, 0) is 36.2 Å². The summed E-state index contributed by atoms with van der Waals surface area (Å²) in [5.41, 5.74) is 1.63. The van der Waals surface area contributed by atoms with Crippen LogP contribution in [0.4, 0.5) is 5.69 Å². The molecule has 138 valence electrons. The Hall–Kier alpha value is -2.22. The molecule has 1 saturated heterocycles. The third-order valence-electron chi connectivity index (χ3n) is 4.33. The molecule has 1 aliphatic heterocycles. The number of ether oxygens (including phenoxy) is 2. The van der Waals surface area contributed by atoms with E-state index in [0.717, 1.165) is 22.5 Å². The van der Waals surface area contributed by atoms with Gasteiger partial charge in [-0.1, -0.05) is 12.1 Å². The van der Waals surface area contributed by atoms with E-state index in [1.54, 1.807) is 11.0 Å². The lowest BCUT2D eigenvalue weighted by Crippen LogP contribution is -2.36. The number of aliphatic hydroxyl groups is 1. The highest BCUT2D eigenvalue weighted by Gasteiger charge is 2.32. The van der Waals surface area contributed by atoms with Gasteiger partial charge in [-0.2, -0.15) is 0 Å². The molecule has 1 amide bonds. The molecule has 0 saturated carbocycles. The molecule has 0 spiro atoms. The van der Waals surface area contributed by atoms with Crippen molar-refractivity contribution in [1.82, 2.24) is 0 Å². The summed E-state index contributed by atoms with van der Waals surface area (Å²) in [4.78, 5) is 27.0. The molecule has 1 unspecified atom stereocenters. The zero-order chi connectivity index (χ0) is 18.5. The number of aliphatic hydroxyl groups excluding tert-OH is 1. The second kappa shape index (κ2) is 8.44. The lowest BCUT2D eigenvalue weighted by molar-refractivity contribution is -0.117. The van der Waals surface area contributed by atoms with Gasteiger partial charge < -0.3 is 19.5 Å². The molecular formula is C19H21NO5S. The summed E-state index contributed by atoms with van der Waals surface area (Å²) in [7, 11) is 1.36. The van der Waals surface area contributed by atoms with Crippen LogP contribution >= 0.6 is 11.3 Å². The largest absolute Gasteiger partial charge is 0.465 e. The molecule has 0 radical (unpaired) electrons. The van der Waals surface area contributed by atoms with Crippen molar-refractivity contribution >= 4 is 28.9 Å². The monoisotopic (exact) mass is 375 g/mol. The number of carbonyl (C=O) groups is 2. The molecule has 0 aliphatic carbocycles. The van der Waals surface area contributed by atoms with Crippen molar-refractivity contribution in [2.24, 2.45) is 0 Å². The van der Waals surface area contributed by atoms with Crippen molar-refractivity contribution in [2.75, 3.05) is 18.6 Å². The quantitative estimate of drug-likeness (QED) is 0.753. The van der Waals surface area contributed by atoms with Gasteiger partial charge in [-0.3, -0.25) is 4.79 Å². The Labute approximate surface area is 156 Å². The van der Waals surface area contributed by atoms with Gasteiger partial charge in [0.2, 0.25) is 5.91 Å². The summed E-state index contributed by atoms with van der Waals surface area (Å²) in [5.74, 6) is -0.264. The second-order valence-corrected chi connectivity index (χ2v) is 7.22. The minimum absolute atomic E-state index is 0.0116. The Morgan fingerprint density at radius 3 is 2.73 bits per heavy atom. The fourth-order valence-electron chi connectivity index (χ4n) is 2.98. The number of nitrogens with zero attached hydrogens (tertiary/aromatic N) is 1. The summed E-state index contributed by atoms with van der Waals surface area (Å²) in [6.45, 7) is 0.803. The molecule has 6 nitrogen and oxygen atoms in total. The van der Waals surface area contributed by atoms with E-state index in [9.17, 15) is 9.59 Å². The fraction of sp³-hybridized carbons (Fsp3) is 0.368. The zero-order valence-electron chi connectivity index (χ0n) is 14.5. The van der Waals surface area contributed by atoms with Crippen molar-refractivity contribution in [2.45, 2.75) is 32.1 Å². The number of carbonyl (C=O) groups excluding carboxylic acids is 2. The maximum atomic E-state index is 12.3. The summed E-state index contributed by atoms with van der Waals surface area (Å²) >= 11 is 1.35. The summed E-state index contributed by atoms with van der Waals surface area (Å²) in [6.07, 6.45) is 1.25. The molecule has 26 heavy (non-hydrogen) atoms. The van der Waals surface area contributed by atoms with Crippen LogP contribution in [-0.4, -0.2) is 36.7 Å². The van der Waals surface area contributed by atoms with Crippen molar-refractivity contribution in [1.29, 1.82) is 0 Å². The van der Waals surface area contributed by atoms with Crippen LogP contribution in [-0.2, 0) is 27.5 Å². The Balaban J connectivity index is 1.58. The average molecular weight is 375 g/mol. The smallest absolute Gasteiger partial charge is 0.348 e. The number of amides is 1. The van der Waals surface area contributed by atoms with Crippen LogP contribution in [0.5, 0.6) is 0 Å². The van der Waals surface area contributed by atoms with E-state index in [1.165, 1.54) is 18.4 Å². The first-order valence-corrected chi connectivity index (χ1v) is 9.20. The molecule has 1 atom stereocenters. The van der Waals surface area contributed by atoms with Crippen LogP contribution in [0.2, 0.25) is 0 Å². The molecule has 1 aromatic carbocycles. The Morgan fingerprint density at radius 1 is 1.27 bits per heavy atom. The zero-order valence-corrected chi connectivity index (χ0v) is 15.3. The lowest BCUT2D eigenvalue weighted by atomic mass is 10.2. The summed E-state index contributed by atoms with van der Waals surface area (Å²) < 4.78 is 10.5. The Morgan fingerprint density at radius 2 is 2.04 bits per heavy atom. The van der Waals surface area contributed by atoms with Gasteiger partial charge in [0, 0.05) is 17.0 Å². The average Bonchev–Trinajstić information content (AvgIpc) is 3.28. The standard InChI is InChI=1S/C19H21NO5S/c1-24-19(23)17-8-7-16(26-17)12-25-11-15-6-9-18(22)20(15)14-4-2-13(10-21)3-5-14/h2-5,7-8,15,21H,6,9-12H2,1H3. The highest BCUT2D eigenvalue weighted by molar-refractivity contribution is 7.13. The molecule has 1 aliphatic rings. The van der Waals surface area contributed by atoms with Crippen LogP contribution in [0.3, 0.4) is 0 Å². The maximum Gasteiger partial charge on any atom is 0.348 e. The summed E-state index contributed by atoms with van der Waals surface area (Å²) in [6, 6.07) is 10.9. The Bertz CT molecular complexity index is 770. The van der Waals surface area contributed by atoms with E-state index in [2.05, 4.69) is 0 Å². The minimum atomic E-state index is -0.347. The van der Waals surface area contributed by atoms with Gasteiger partial charge >= 0.3 is 5.97 Å². The fourth-order valence-corrected chi connectivity index (χ4v) is 3.84. The first kappa shape index (κ1) is 18.6. The van der Waals surface area contributed by atoms with Gasteiger partial charge in [0.05, 0.1) is 33.0 Å². The first-order valence-electron chi connectivity index (χ1n) is 8.39. The Kier molecular flexibility index (Phi) is 6.03. The van der Waals surface area contributed by atoms with E-state index < -0.39 is 0 Å². The number of esters is 1. The highest BCUT2D eigenvalue weighted by Crippen LogP contribution is 2.27. The number of rotatable bonds is 7. The molecule has 7 heteroatoms. The SMILES string of the molecule is COC(=O)c1ccc(COCC2CCC(=O)N2c2ccc(CO)cc2)s1. The van der Waals surface area contributed by atoms with Crippen LogP contribution < -0.4 is 4.90 Å². The van der Waals surface area contributed by atoms with Gasteiger partial charge in [0.25, 0.3) is 0 Å². The molecule has 3 rings (SSSR count). The number of hydrogen-bond donors (Lipinski definition) is 1. The predicted molar refractivity (Wildman–Crippen MR) is 98.2 cm³/mol. The van der Waals surface area contributed by atoms with E-state index >= 15 is 0 Å². The van der Waals surface area contributed by atoms with Gasteiger partial charge in [-0.25, -0.2) is 4.79 Å². The molecule has 0 bridgehead atoms. The highest BCUT2D eigenvalue weighted by atomic mass is 32.1. The molecule has 1 N–H and O–H groups in total. The predicted octanol–water partition coefficient (Wildman–Crippen LogP) is 2.74. The molecule has 2 aromatic rings. The van der Waals surface area contributed by atoms with E-state index in [0.29, 0.717) is 24.5 Å². The third kappa shape index (κ3) is 4.12. The van der Waals surface area contributed by atoms with E-state index in [4.69, 9.17) is 14.6 Å². The van der Waals surface area contributed by atoms with Gasteiger partial charge in [0.1, 0.15) is 4.88 Å². The number of methoxy groups -OCH3 is 1. The maximum absolute atomic E-state index is 12.3. The lowest BCUT2D eigenvalue weighted by Gasteiger charge is -2.25. The van der Waals surface area contributed by atoms with Crippen molar-refractivity contribution < 1.29 is 24.2 Å². The third-order valence-corrected chi connectivity index (χ3v) is 5.36. The number of benzene rings is 1. The van der Waals surface area contributed by atoms with Crippen LogP contribution in [0, 0.1) is 0 Å². The van der Waals surface area contributed by atoms with E-state index in [1.807, 2.05) is 30.3 Å². The number of anilines is 1. The number of thiophene rings is 1. The molecule has 1 aromatic heterocycles. The van der Waals surface area contributed by atoms with Gasteiger partial charge in [0.15, 0.2) is 0 Å². The van der Waals surface area contributed by atoms with E-state index in [-0.39, 0.29) is 24.5 Å². The second-order valence-electron chi connectivity index (χ2n) is 6.05. The molecular weight excluding hydrogens is 354 g/mol. The topological polar surface area (TPSA) is 76.1 Å². The van der Waals surface area contributed by atoms with Crippen molar-refractivity contribution in [3.8, 4) is 0 Å². The number of hydrogen-bond acceptors (Lipinski definition) is 6. The van der Waals surface area contributed by atoms with Gasteiger partial charge in [-0.15, -0.1) is 11.3 Å². The van der Waals surface area contributed by atoms with Crippen LogP contribution in [0.15, 0.2) is 36.4 Å². The van der Waals surface area contributed by atoms with Crippen LogP contribution in [0.25, 0.3) is 0 Å².